The van der Waals surface area contributed by atoms with Crippen LogP contribution in [-0.2, 0) is 11.2 Å². The van der Waals surface area contributed by atoms with Crippen molar-refractivity contribution in [2.75, 3.05) is 0 Å². The van der Waals surface area contributed by atoms with E-state index in [1.54, 1.807) is 6.92 Å². The van der Waals surface area contributed by atoms with Crippen molar-refractivity contribution in [1.29, 1.82) is 0 Å². The van der Waals surface area contributed by atoms with E-state index in [-0.39, 0.29) is 5.92 Å². The molecule has 0 aromatic carbocycles. The summed E-state index contributed by atoms with van der Waals surface area (Å²) < 4.78 is 2.13. The summed E-state index contributed by atoms with van der Waals surface area (Å²) >= 11 is 0. The zero-order chi connectivity index (χ0) is 13.3. The number of carboxylic acids is 1. The van der Waals surface area contributed by atoms with Gasteiger partial charge in [0.05, 0.1) is 17.7 Å². The highest BCUT2D eigenvalue weighted by Gasteiger charge is 2.23. The molecule has 1 unspecified atom stereocenters. The van der Waals surface area contributed by atoms with Gasteiger partial charge in [0.15, 0.2) is 0 Å². The molecule has 1 atom stereocenters. The highest BCUT2D eigenvalue weighted by atomic mass is 16.4. The summed E-state index contributed by atoms with van der Waals surface area (Å²) in [4.78, 5) is 11.0. The lowest BCUT2D eigenvalue weighted by molar-refractivity contribution is -0.141. The molecule has 1 aliphatic carbocycles. The lowest BCUT2D eigenvalue weighted by Crippen LogP contribution is -2.13. The van der Waals surface area contributed by atoms with Gasteiger partial charge in [0.2, 0.25) is 0 Å². The van der Waals surface area contributed by atoms with E-state index in [0.717, 1.165) is 17.0 Å². The maximum absolute atomic E-state index is 11.0. The molecule has 1 aliphatic rings. The smallest absolute Gasteiger partial charge is 0.306 e. The van der Waals surface area contributed by atoms with E-state index in [2.05, 4.69) is 16.7 Å². The second-order valence-electron chi connectivity index (χ2n) is 5.48. The van der Waals surface area contributed by atoms with Crippen molar-refractivity contribution in [2.24, 2.45) is 5.92 Å². The molecule has 1 N–H and O–H groups in total. The molecule has 1 aromatic rings. The van der Waals surface area contributed by atoms with Crippen molar-refractivity contribution in [2.45, 2.75) is 58.9 Å². The van der Waals surface area contributed by atoms with E-state index in [4.69, 9.17) is 5.11 Å². The Bertz CT molecular complexity index is 445. The van der Waals surface area contributed by atoms with E-state index in [1.807, 2.05) is 6.92 Å². The molecular weight excluding hydrogens is 228 g/mol. The summed E-state index contributed by atoms with van der Waals surface area (Å²) in [6, 6.07) is 0.526. The van der Waals surface area contributed by atoms with Crippen molar-refractivity contribution >= 4 is 5.97 Å². The second-order valence-corrected chi connectivity index (χ2v) is 5.48. The van der Waals surface area contributed by atoms with Crippen molar-refractivity contribution < 1.29 is 9.90 Å². The molecule has 4 heteroatoms. The number of hydrogen-bond donors (Lipinski definition) is 1. The quantitative estimate of drug-likeness (QED) is 0.894. The van der Waals surface area contributed by atoms with Crippen molar-refractivity contribution in [1.82, 2.24) is 9.78 Å². The number of rotatable bonds is 4. The summed E-state index contributed by atoms with van der Waals surface area (Å²) in [5, 5.41) is 13.6. The van der Waals surface area contributed by atoms with Crippen LogP contribution in [-0.4, -0.2) is 20.9 Å². The summed E-state index contributed by atoms with van der Waals surface area (Å²) in [5.74, 6) is -1.08. The standard InChI is InChI=1S/C14H22N2O2/c1-9(14(17)18)8-13-10(2)15-16(11(13)3)12-6-4-5-7-12/h9,12H,4-8H2,1-3H3,(H,17,18). The average Bonchev–Trinajstić information content (AvgIpc) is 2.91. The molecule has 0 amide bonds. The number of nitrogens with zero attached hydrogens (tertiary/aromatic N) is 2. The van der Waals surface area contributed by atoms with Crippen molar-refractivity contribution in [3.63, 3.8) is 0 Å². The molecule has 0 aliphatic heterocycles. The predicted octanol–water partition coefficient (Wildman–Crippen LogP) is 2.88. The summed E-state index contributed by atoms with van der Waals surface area (Å²) in [6.07, 6.45) is 5.55. The average molecular weight is 250 g/mol. The minimum absolute atomic E-state index is 0.344. The van der Waals surface area contributed by atoms with Gasteiger partial charge in [0.25, 0.3) is 0 Å². The van der Waals surface area contributed by atoms with Gasteiger partial charge >= 0.3 is 5.97 Å². The van der Waals surface area contributed by atoms with Crippen LogP contribution in [0.4, 0.5) is 0 Å². The third-order valence-corrected chi connectivity index (χ3v) is 4.08. The molecule has 1 fully saturated rings. The highest BCUT2D eigenvalue weighted by Crippen LogP contribution is 2.31. The van der Waals surface area contributed by atoms with Gasteiger partial charge in [0.1, 0.15) is 0 Å². The fourth-order valence-electron chi connectivity index (χ4n) is 2.89. The zero-order valence-corrected chi connectivity index (χ0v) is 11.4. The minimum atomic E-state index is -0.734. The predicted molar refractivity (Wildman–Crippen MR) is 69.7 cm³/mol. The zero-order valence-electron chi connectivity index (χ0n) is 11.4. The molecule has 1 heterocycles. The molecule has 2 rings (SSSR count). The Kier molecular flexibility index (Phi) is 3.73. The first-order valence-electron chi connectivity index (χ1n) is 6.78. The number of hydrogen-bond acceptors (Lipinski definition) is 2. The normalized spacial score (nSPS) is 18.2. The molecule has 0 bridgehead atoms. The number of carboxylic acid groups (broad SMARTS) is 1. The molecule has 100 valence electrons. The summed E-state index contributed by atoms with van der Waals surface area (Å²) in [6.45, 7) is 5.82. The van der Waals surface area contributed by atoms with Gasteiger partial charge in [0, 0.05) is 5.69 Å². The van der Waals surface area contributed by atoms with E-state index in [0.29, 0.717) is 12.5 Å². The summed E-state index contributed by atoms with van der Waals surface area (Å²) in [7, 11) is 0. The van der Waals surface area contributed by atoms with Gasteiger partial charge < -0.3 is 5.11 Å². The first-order chi connectivity index (χ1) is 8.50. The number of aliphatic carboxylic acids is 1. The van der Waals surface area contributed by atoms with Crippen LogP contribution in [0.25, 0.3) is 0 Å². The largest absolute Gasteiger partial charge is 0.481 e. The van der Waals surface area contributed by atoms with Crippen LogP contribution in [0.15, 0.2) is 0 Å². The molecule has 0 radical (unpaired) electrons. The van der Waals surface area contributed by atoms with Crippen LogP contribution in [0, 0.1) is 19.8 Å². The Labute approximate surface area is 108 Å². The number of aromatic nitrogens is 2. The van der Waals surface area contributed by atoms with Crippen LogP contribution in [0.2, 0.25) is 0 Å². The third-order valence-electron chi connectivity index (χ3n) is 4.08. The van der Waals surface area contributed by atoms with E-state index in [1.165, 1.54) is 25.7 Å². The van der Waals surface area contributed by atoms with Crippen LogP contribution in [0.5, 0.6) is 0 Å². The van der Waals surface area contributed by atoms with Gasteiger partial charge in [-0.25, -0.2) is 0 Å². The third kappa shape index (κ3) is 2.42. The monoisotopic (exact) mass is 250 g/mol. The van der Waals surface area contributed by atoms with Crippen LogP contribution < -0.4 is 0 Å². The molecule has 1 aromatic heterocycles. The fourth-order valence-corrected chi connectivity index (χ4v) is 2.89. The molecule has 1 saturated carbocycles. The molecular formula is C14H22N2O2. The van der Waals surface area contributed by atoms with Crippen LogP contribution in [0.3, 0.4) is 0 Å². The van der Waals surface area contributed by atoms with E-state index in [9.17, 15) is 4.79 Å². The molecule has 18 heavy (non-hydrogen) atoms. The van der Waals surface area contributed by atoms with Gasteiger partial charge in [-0.3, -0.25) is 9.48 Å². The first kappa shape index (κ1) is 13.1. The Morgan fingerprint density at radius 1 is 1.44 bits per heavy atom. The number of carbonyl (C=O) groups is 1. The topological polar surface area (TPSA) is 55.1 Å². The lowest BCUT2D eigenvalue weighted by atomic mass is 10.00. The van der Waals surface area contributed by atoms with Gasteiger partial charge in [-0.2, -0.15) is 5.10 Å². The van der Waals surface area contributed by atoms with Gasteiger partial charge in [-0.05, 0) is 38.7 Å². The molecule has 0 spiro atoms. The Morgan fingerprint density at radius 3 is 2.61 bits per heavy atom. The van der Waals surface area contributed by atoms with Crippen molar-refractivity contribution in [3.05, 3.63) is 17.0 Å². The fraction of sp³-hybridized carbons (Fsp3) is 0.714. The number of aryl methyl sites for hydroxylation is 1. The molecule has 4 nitrogen and oxygen atoms in total. The minimum Gasteiger partial charge on any atom is -0.481 e. The SMILES string of the molecule is Cc1nn(C2CCCC2)c(C)c1CC(C)C(=O)O. The molecule has 0 saturated heterocycles. The maximum atomic E-state index is 11.0. The van der Waals surface area contributed by atoms with E-state index < -0.39 is 5.97 Å². The lowest BCUT2D eigenvalue weighted by Gasteiger charge is -2.13. The van der Waals surface area contributed by atoms with Gasteiger partial charge in [-0.15, -0.1) is 0 Å². The Hall–Kier alpha value is -1.32. The summed E-state index contributed by atoms with van der Waals surface area (Å²) in [5.41, 5.74) is 3.27. The van der Waals surface area contributed by atoms with E-state index >= 15 is 0 Å². The first-order valence-corrected chi connectivity index (χ1v) is 6.78. The van der Waals surface area contributed by atoms with Crippen LogP contribution in [0.1, 0.15) is 55.6 Å². The van der Waals surface area contributed by atoms with Gasteiger partial charge in [-0.1, -0.05) is 19.8 Å². The van der Waals surface area contributed by atoms with Crippen LogP contribution >= 0.6 is 0 Å². The Morgan fingerprint density at radius 2 is 2.06 bits per heavy atom. The Balaban J connectivity index is 2.23. The maximum Gasteiger partial charge on any atom is 0.306 e. The highest BCUT2D eigenvalue weighted by molar-refractivity contribution is 5.70. The second kappa shape index (κ2) is 5.12. The van der Waals surface area contributed by atoms with Crippen molar-refractivity contribution in [3.8, 4) is 0 Å².